The minimum Gasteiger partial charge on any atom is -0.393 e. The number of hydrogen-bond acceptors (Lipinski definition) is 4. The van der Waals surface area contributed by atoms with E-state index in [0.717, 1.165) is 49.8 Å². The van der Waals surface area contributed by atoms with Gasteiger partial charge in [-0.25, -0.2) is 4.79 Å². The van der Waals surface area contributed by atoms with Crippen LogP contribution < -0.4 is 5.32 Å². The van der Waals surface area contributed by atoms with Gasteiger partial charge in [-0.1, -0.05) is 74.5 Å². The van der Waals surface area contributed by atoms with E-state index in [4.69, 9.17) is 0 Å². The number of carbonyl (C=O) groups is 2. The molecule has 316 valence electrons. The summed E-state index contributed by atoms with van der Waals surface area (Å²) in [6.45, 7) is 7.29. The molecule has 6 bridgehead atoms. The van der Waals surface area contributed by atoms with Crippen molar-refractivity contribution in [2.75, 3.05) is 13.1 Å². The van der Waals surface area contributed by atoms with Crippen molar-refractivity contribution in [1.82, 2.24) is 10.2 Å². The average molecular weight is 811 g/mol. The summed E-state index contributed by atoms with van der Waals surface area (Å²) in [5.41, 5.74) is -2.92. The van der Waals surface area contributed by atoms with E-state index in [1.165, 1.54) is 31.4 Å². The van der Waals surface area contributed by atoms with Crippen molar-refractivity contribution >= 4 is 11.8 Å². The number of aliphatic hydroxyl groups is 2. The van der Waals surface area contributed by atoms with Crippen molar-refractivity contribution in [1.29, 1.82) is 0 Å². The molecule has 3 N–H and O–H groups in total. The van der Waals surface area contributed by atoms with E-state index in [9.17, 15) is 28.2 Å². The number of allylic oxidation sites excluding steroid dienone is 4. The summed E-state index contributed by atoms with van der Waals surface area (Å²) in [4.78, 5) is 31.7. The molecular formula is C50H61F3N2O4. The number of hydrogen-bond donors (Lipinski definition) is 3. The minimum absolute atomic E-state index is 0.000762. The minimum atomic E-state index is -4.60. The first kappa shape index (κ1) is 39.7. The summed E-state index contributed by atoms with van der Waals surface area (Å²) in [7, 11) is 0. The monoisotopic (exact) mass is 810 g/mol. The van der Waals surface area contributed by atoms with Crippen LogP contribution in [0, 0.1) is 56.7 Å². The maximum atomic E-state index is 15.0. The molecule has 0 heterocycles. The fourth-order valence-electron chi connectivity index (χ4n) is 16.1. The highest BCUT2D eigenvalue weighted by Gasteiger charge is 2.74. The van der Waals surface area contributed by atoms with E-state index in [1.807, 2.05) is 42.2 Å². The Hall–Kier alpha value is -3.43. The molecule has 59 heavy (non-hydrogen) atoms. The van der Waals surface area contributed by atoms with Crippen molar-refractivity contribution in [3.63, 3.8) is 0 Å². The van der Waals surface area contributed by atoms with Crippen LogP contribution in [0.2, 0.25) is 0 Å². The Bertz CT molecular complexity index is 2060. The van der Waals surface area contributed by atoms with Crippen molar-refractivity contribution in [2.45, 2.75) is 128 Å². The lowest BCUT2D eigenvalue weighted by Gasteiger charge is -2.71. The highest BCUT2D eigenvalue weighted by Crippen LogP contribution is 2.78. The quantitative estimate of drug-likeness (QED) is 0.183. The zero-order chi connectivity index (χ0) is 41.4. The molecule has 1 unspecified atom stereocenters. The maximum Gasteiger partial charge on any atom is 0.416 e. The number of halogens is 3. The van der Waals surface area contributed by atoms with Gasteiger partial charge in [0.2, 0.25) is 0 Å². The molecule has 12 rings (SSSR count). The fourth-order valence-corrected chi connectivity index (χ4v) is 16.1. The van der Waals surface area contributed by atoms with E-state index in [-0.39, 0.29) is 46.8 Å². The summed E-state index contributed by atoms with van der Waals surface area (Å²) >= 11 is 0. The number of ketones is 1. The summed E-state index contributed by atoms with van der Waals surface area (Å²) in [5.74, 6) is 1.53. The van der Waals surface area contributed by atoms with E-state index in [2.05, 4.69) is 37.4 Å². The molecular weight excluding hydrogens is 750 g/mol. The third kappa shape index (κ3) is 5.85. The number of Topliss-reactive ketones (excluding diaryl/α,β-unsaturated/α-hetero) is 1. The number of fused-ring (bicyclic) bond motifs is 1. The molecule has 2 spiro atoms. The van der Waals surface area contributed by atoms with Crippen LogP contribution in [0.15, 0.2) is 78.4 Å². The predicted octanol–water partition coefficient (Wildman–Crippen LogP) is 10.5. The molecule has 0 saturated heterocycles. The Morgan fingerprint density at radius 1 is 0.831 bits per heavy atom. The first-order valence-electron chi connectivity index (χ1n) is 22.6. The van der Waals surface area contributed by atoms with Gasteiger partial charge >= 0.3 is 12.2 Å². The molecule has 7 saturated carbocycles. The fraction of sp³-hybridized carbons (Fsp3) is 0.640. The molecule has 2 amide bonds. The van der Waals surface area contributed by atoms with Crippen LogP contribution in [0.3, 0.4) is 0 Å². The van der Waals surface area contributed by atoms with Gasteiger partial charge in [-0.3, -0.25) is 4.79 Å². The zero-order valence-corrected chi connectivity index (χ0v) is 34.9. The molecule has 10 aliphatic rings. The van der Waals surface area contributed by atoms with Gasteiger partial charge in [-0.05, 0) is 149 Å². The zero-order valence-electron chi connectivity index (χ0n) is 34.9. The molecule has 2 aromatic carbocycles. The SMILES string of the molecule is C[C@@H](NC(=O)N(CC12CC3CC(CC(C3)C1)C2)C[C@]1(O)CC[C@H]2[C@]34C=C[C@@]5(C=C3C(=O)c3cccc(C(F)(F)F)c3)CC(O)CC[C@]5(C)[C@H]4CC[C@@]21C)c1ccccc1. The van der Waals surface area contributed by atoms with Crippen molar-refractivity contribution in [3.8, 4) is 0 Å². The molecule has 9 heteroatoms. The summed E-state index contributed by atoms with van der Waals surface area (Å²) in [5, 5.41) is 27.9. The first-order chi connectivity index (χ1) is 27.9. The molecule has 0 aliphatic heterocycles. The Morgan fingerprint density at radius 3 is 2.15 bits per heavy atom. The highest BCUT2D eigenvalue weighted by molar-refractivity contribution is 6.10. The number of urea groups is 1. The van der Waals surface area contributed by atoms with E-state index in [1.54, 1.807) is 0 Å². The molecule has 6 nitrogen and oxygen atoms in total. The third-order valence-corrected chi connectivity index (χ3v) is 18.5. The lowest BCUT2D eigenvalue weighted by Crippen LogP contribution is -2.67. The van der Waals surface area contributed by atoms with Crippen LogP contribution in [0.5, 0.6) is 0 Å². The van der Waals surface area contributed by atoms with E-state index < -0.39 is 45.5 Å². The molecule has 0 aromatic heterocycles. The van der Waals surface area contributed by atoms with Crippen LogP contribution in [-0.2, 0) is 6.18 Å². The normalized spacial score (nSPS) is 43.0. The van der Waals surface area contributed by atoms with Crippen LogP contribution >= 0.6 is 0 Å². The number of rotatable bonds is 8. The van der Waals surface area contributed by atoms with Crippen LogP contribution in [-0.4, -0.2) is 51.7 Å². The molecule has 2 aromatic rings. The van der Waals surface area contributed by atoms with Crippen molar-refractivity contribution in [3.05, 3.63) is 95.1 Å². The number of nitrogens with zero attached hydrogens (tertiary/aromatic N) is 1. The van der Waals surface area contributed by atoms with Gasteiger partial charge in [-0.2, -0.15) is 13.2 Å². The van der Waals surface area contributed by atoms with Crippen molar-refractivity contribution < 1.29 is 33.0 Å². The van der Waals surface area contributed by atoms with Gasteiger partial charge in [0.05, 0.1) is 29.9 Å². The van der Waals surface area contributed by atoms with Gasteiger partial charge in [0.1, 0.15) is 0 Å². The molecule has 10 aliphatic carbocycles. The summed E-state index contributed by atoms with van der Waals surface area (Å²) in [6, 6.07) is 14.4. The Kier molecular flexibility index (Phi) is 8.94. The topological polar surface area (TPSA) is 89.9 Å². The standard InChI is InChI=1S/C50H61F3N2O4/c1-31(35-8-5-4-6-9-35)54-43(58)55(29-46-24-32-20-33(25-46)22-34(21-32)26-46)30-48(59)17-14-41-45(48,3)16-13-40-44(2)15-12-38(56)27-47(44)18-19-49(40,41)39(28-47)42(57)36-10-7-11-37(23-36)50(51,52)53/h4-11,18-19,23,28,31-34,38,40-41,56,59H,12-17,20-22,24-27,29-30H2,1-3H3,(H,54,58)/t31-,32?,33?,34?,38?,40-,41-,44-,45+,46?,47+,48-,49-/m1/s1. The first-order valence-corrected chi connectivity index (χ1v) is 22.6. The second-order valence-electron chi connectivity index (χ2n) is 21.6. The highest BCUT2D eigenvalue weighted by atomic mass is 19.4. The number of carbonyl (C=O) groups excluding carboxylic acids is 2. The van der Waals surface area contributed by atoms with Gasteiger partial charge in [0.15, 0.2) is 5.78 Å². The number of nitrogens with one attached hydrogen (secondary N) is 1. The number of amides is 2. The van der Waals surface area contributed by atoms with Crippen LogP contribution in [0.1, 0.15) is 132 Å². The van der Waals surface area contributed by atoms with E-state index >= 15 is 4.79 Å². The second-order valence-corrected chi connectivity index (χ2v) is 21.6. The molecule has 0 radical (unpaired) electrons. The molecule has 9 atom stereocenters. The lowest BCUT2D eigenvalue weighted by molar-refractivity contribution is -0.176. The maximum absolute atomic E-state index is 15.0. The van der Waals surface area contributed by atoms with Gasteiger partial charge in [0.25, 0.3) is 0 Å². The molecule has 7 fully saturated rings. The van der Waals surface area contributed by atoms with Crippen LogP contribution in [0.4, 0.5) is 18.0 Å². The lowest BCUT2D eigenvalue weighted by atomic mass is 9.32. The predicted molar refractivity (Wildman–Crippen MR) is 220 cm³/mol. The Balaban J connectivity index is 1.03. The van der Waals surface area contributed by atoms with Gasteiger partial charge in [0, 0.05) is 33.9 Å². The van der Waals surface area contributed by atoms with Crippen LogP contribution in [0.25, 0.3) is 0 Å². The number of aliphatic hydroxyl groups excluding tert-OH is 1. The summed E-state index contributed by atoms with van der Waals surface area (Å²) < 4.78 is 42.1. The number of benzene rings is 2. The third-order valence-electron chi connectivity index (χ3n) is 18.5. The number of alkyl halides is 3. The smallest absolute Gasteiger partial charge is 0.393 e. The second kappa shape index (κ2) is 13.3. The Morgan fingerprint density at radius 2 is 1.47 bits per heavy atom. The average Bonchev–Trinajstić information content (AvgIpc) is 3.46. The van der Waals surface area contributed by atoms with E-state index in [0.29, 0.717) is 62.0 Å². The largest absolute Gasteiger partial charge is 0.416 e. The van der Waals surface area contributed by atoms with Gasteiger partial charge in [-0.15, -0.1) is 0 Å². The summed E-state index contributed by atoms with van der Waals surface area (Å²) in [6.07, 6.45) is 13.0. The van der Waals surface area contributed by atoms with Crippen molar-refractivity contribution in [2.24, 2.45) is 56.7 Å². The van der Waals surface area contributed by atoms with Gasteiger partial charge < -0.3 is 20.4 Å². The Labute approximate surface area is 347 Å².